The normalized spacial score (nSPS) is 10.3. The van der Waals surface area contributed by atoms with Crippen LogP contribution in [0.2, 0.25) is 0 Å². The lowest BCUT2D eigenvalue weighted by molar-refractivity contribution is 0.310. The fraction of sp³-hybridized carbons (Fsp3) is 0.0833. The van der Waals surface area contributed by atoms with Crippen LogP contribution >= 0.6 is 0 Å². The minimum atomic E-state index is 0.199. The molecular weight excluding hydrogens is 230 g/mol. The maximum atomic E-state index is 5.69. The summed E-state index contributed by atoms with van der Waals surface area (Å²) < 4.78 is 6.33. The zero-order valence-corrected chi connectivity index (χ0v) is 9.58. The number of anilines is 1. The molecule has 0 aliphatic heterocycles. The van der Waals surface area contributed by atoms with E-state index in [1.807, 2.05) is 24.3 Å². The predicted molar refractivity (Wildman–Crippen MR) is 66.3 cm³/mol. The number of nitrogen functional groups attached to an aromatic ring is 1. The summed E-state index contributed by atoms with van der Waals surface area (Å²) in [6, 6.07) is 10.6. The van der Waals surface area contributed by atoms with E-state index in [2.05, 4.69) is 31.9 Å². The molecular formula is C12H9N5O. The number of imidazole rings is 1. The van der Waals surface area contributed by atoms with Crippen LogP contribution in [0.5, 0.6) is 0 Å². The van der Waals surface area contributed by atoms with Crippen molar-refractivity contribution in [3.63, 3.8) is 0 Å². The first-order valence-electron chi connectivity index (χ1n) is 5.30. The Morgan fingerprint density at radius 1 is 1.28 bits per heavy atom. The molecule has 0 saturated carbocycles. The highest BCUT2D eigenvalue weighted by atomic mass is 16.6. The lowest BCUT2D eigenvalue weighted by Crippen LogP contribution is -1.96. The van der Waals surface area contributed by atoms with Crippen molar-refractivity contribution in [3.8, 4) is 23.5 Å². The molecule has 6 heteroatoms. The van der Waals surface area contributed by atoms with Gasteiger partial charge in [-0.3, -0.25) is 0 Å². The fourth-order valence-electron chi connectivity index (χ4n) is 1.76. The molecule has 88 valence electrons. The SMILES string of the molecule is CC#Cn1c(-c2nonc2N)nc2ccccc21. The van der Waals surface area contributed by atoms with Crippen LogP contribution in [0, 0.1) is 12.0 Å². The second-order valence-corrected chi connectivity index (χ2v) is 3.62. The van der Waals surface area contributed by atoms with E-state index in [-0.39, 0.29) is 5.82 Å². The number of benzene rings is 1. The molecule has 0 atom stereocenters. The fourth-order valence-corrected chi connectivity index (χ4v) is 1.76. The Bertz CT molecular complexity index is 774. The van der Waals surface area contributed by atoms with Gasteiger partial charge in [-0.05, 0) is 29.4 Å². The van der Waals surface area contributed by atoms with Crippen LogP contribution in [0.3, 0.4) is 0 Å². The van der Waals surface area contributed by atoms with E-state index in [1.165, 1.54) is 0 Å². The molecule has 2 heterocycles. The van der Waals surface area contributed by atoms with E-state index >= 15 is 0 Å². The predicted octanol–water partition coefficient (Wildman–Crippen LogP) is 1.50. The van der Waals surface area contributed by atoms with Gasteiger partial charge in [0.2, 0.25) is 0 Å². The lowest BCUT2D eigenvalue weighted by atomic mass is 10.3. The van der Waals surface area contributed by atoms with Gasteiger partial charge in [0, 0.05) is 6.04 Å². The van der Waals surface area contributed by atoms with E-state index in [9.17, 15) is 0 Å². The van der Waals surface area contributed by atoms with Gasteiger partial charge in [0.1, 0.15) is 0 Å². The van der Waals surface area contributed by atoms with Crippen molar-refractivity contribution >= 4 is 16.9 Å². The van der Waals surface area contributed by atoms with Crippen molar-refractivity contribution in [3.05, 3.63) is 24.3 Å². The number of fused-ring (bicyclic) bond motifs is 1. The van der Waals surface area contributed by atoms with Crippen LogP contribution in [0.15, 0.2) is 28.9 Å². The first-order valence-corrected chi connectivity index (χ1v) is 5.30. The molecule has 0 spiro atoms. The maximum absolute atomic E-state index is 5.69. The number of nitrogens with zero attached hydrogens (tertiary/aromatic N) is 4. The van der Waals surface area contributed by atoms with Crippen molar-refractivity contribution in [2.75, 3.05) is 5.73 Å². The highest BCUT2D eigenvalue weighted by molar-refractivity contribution is 5.82. The molecule has 0 fully saturated rings. The molecule has 0 unspecified atom stereocenters. The number of hydrogen-bond acceptors (Lipinski definition) is 5. The summed E-state index contributed by atoms with van der Waals surface area (Å²) in [4.78, 5) is 4.45. The summed E-state index contributed by atoms with van der Waals surface area (Å²) >= 11 is 0. The van der Waals surface area contributed by atoms with Crippen molar-refractivity contribution in [1.29, 1.82) is 0 Å². The Balaban J connectivity index is 2.37. The maximum Gasteiger partial charge on any atom is 0.199 e. The van der Waals surface area contributed by atoms with Crippen LogP contribution in [-0.2, 0) is 0 Å². The van der Waals surface area contributed by atoms with Gasteiger partial charge in [0.05, 0.1) is 11.0 Å². The number of rotatable bonds is 1. The average molecular weight is 239 g/mol. The second-order valence-electron chi connectivity index (χ2n) is 3.62. The summed E-state index contributed by atoms with van der Waals surface area (Å²) in [5.74, 6) is 3.57. The van der Waals surface area contributed by atoms with Gasteiger partial charge in [-0.15, -0.1) is 0 Å². The van der Waals surface area contributed by atoms with Gasteiger partial charge in [-0.1, -0.05) is 18.1 Å². The summed E-state index contributed by atoms with van der Waals surface area (Å²) in [6.45, 7) is 1.75. The first-order chi connectivity index (χ1) is 8.81. The third kappa shape index (κ3) is 1.42. The van der Waals surface area contributed by atoms with Gasteiger partial charge in [-0.2, -0.15) is 0 Å². The van der Waals surface area contributed by atoms with Crippen LogP contribution in [0.1, 0.15) is 6.92 Å². The molecule has 1 aromatic carbocycles. The Hall–Kier alpha value is -2.81. The summed E-state index contributed by atoms with van der Waals surface area (Å²) in [5.41, 5.74) is 7.80. The summed E-state index contributed by atoms with van der Waals surface area (Å²) in [7, 11) is 0. The van der Waals surface area contributed by atoms with Crippen LogP contribution < -0.4 is 5.73 Å². The molecule has 0 bridgehead atoms. The minimum absolute atomic E-state index is 0.199. The smallest absolute Gasteiger partial charge is 0.199 e. The van der Waals surface area contributed by atoms with Crippen molar-refractivity contribution in [1.82, 2.24) is 19.9 Å². The van der Waals surface area contributed by atoms with Crippen LogP contribution in [-0.4, -0.2) is 19.9 Å². The highest BCUT2D eigenvalue weighted by Crippen LogP contribution is 2.25. The summed E-state index contributed by atoms with van der Waals surface area (Å²) in [6.07, 6.45) is 0. The van der Waals surface area contributed by atoms with Gasteiger partial charge >= 0.3 is 0 Å². The number of aromatic nitrogens is 4. The number of hydrogen-bond donors (Lipinski definition) is 1. The van der Waals surface area contributed by atoms with Crippen molar-refractivity contribution in [2.45, 2.75) is 6.92 Å². The number of para-hydroxylation sites is 2. The third-order valence-corrected chi connectivity index (χ3v) is 2.51. The topological polar surface area (TPSA) is 82.8 Å². The standard InChI is InChI=1S/C12H9N5O/c1-2-7-17-9-6-4-3-5-8(9)14-12(17)10-11(13)16-18-15-10/h3-6H,1H3,(H2,13,16). The van der Waals surface area contributed by atoms with Gasteiger partial charge in [0.25, 0.3) is 0 Å². The molecule has 0 amide bonds. The minimum Gasteiger partial charge on any atom is -0.379 e. The molecule has 0 radical (unpaired) electrons. The van der Waals surface area contributed by atoms with E-state index < -0.39 is 0 Å². The van der Waals surface area contributed by atoms with Gasteiger partial charge < -0.3 is 5.73 Å². The van der Waals surface area contributed by atoms with Crippen LogP contribution in [0.25, 0.3) is 22.6 Å². The zero-order chi connectivity index (χ0) is 12.5. The van der Waals surface area contributed by atoms with E-state index in [0.29, 0.717) is 11.5 Å². The monoisotopic (exact) mass is 239 g/mol. The number of nitrogens with two attached hydrogens (primary N) is 1. The second kappa shape index (κ2) is 3.89. The average Bonchev–Trinajstić information content (AvgIpc) is 2.94. The highest BCUT2D eigenvalue weighted by Gasteiger charge is 2.17. The Labute approximate surface area is 102 Å². The third-order valence-electron chi connectivity index (χ3n) is 2.51. The quantitative estimate of drug-likeness (QED) is 0.650. The molecule has 3 aromatic rings. The van der Waals surface area contributed by atoms with E-state index in [0.717, 1.165) is 11.0 Å². The van der Waals surface area contributed by atoms with Crippen molar-refractivity contribution < 1.29 is 4.63 Å². The molecule has 0 saturated heterocycles. The molecule has 2 N–H and O–H groups in total. The van der Waals surface area contributed by atoms with Crippen LogP contribution in [0.4, 0.5) is 5.82 Å². The summed E-state index contributed by atoms with van der Waals surface area (Å²) in [5, 5.41) is 7.32. The molecule has 18 heavy (non-hydrogen) atoms. The Morgan fingerprint density at radius 3 is 2.83 bits per heavy atom. The van der Waals surface area contributed by atoms with E-state index in [4.69, 9.17) is 5.73 Å². The molecule has 2 aromatic heterocycles. The van der Waals surface area contributed by atoms with Gasteiger partial charge in [0.15, 0.2) is 17.3 Å². The molecule has 3 rings (SSSR count). The lowest BCUT2D eigenvalue weighted by Gasteiger charge is -1.96. The largest absolute Gasteiger partial charge is 0.379 e. The van der Waals surface area contributed by atoms with E-state index in [1.54, 1.807) is 11.5 Å². The molecule has 0 aliphatic rings. The zero-order valence-electron chi connectivity index (χ0n) is 9.58. The first kappa shape index (κ1) is 10.4. The van der Waals surface area contributed by atoms with Crippen molar-refractivity contribution in [2.24, 2.45) is 0 Å². The Kier molecular flexibility index (Phi) is 2.24. The molecule has 6 nitrogen and oxygen atoms in total. The van der Waals surface area contributed by atoms with Gasteiger partial charge in [-0.25, -0.2) is 14.2 Å². The molecule has 0 aliphatic carbocycles. The Morgan fingerprint density at radius 2 is 2.11 bits per heavy atom.